The Hall–Kier alpha value is -3.35. The smallest absolute Gasteiger partial charge is 0.255 e. The Kier molecular flexibility index (Phi) is 6.75. The maximum Gasteiger partial charge on any atom is 0.255 e. The molecule has 2 heterocycles. The van der Waals surface area contributed by atoms with E-state index in [1.807, 2.05) is 18.2 Å². The molecule has 7 heteroatoms. The van der Waals surface area contributed by atoms with E-state index in [0.29, 0.717) is 10.6 Å². The molecular formula is C28H30ClN5O. The first-order valence-corrected chi connectivity index (χ1v) is 12.4. The average Bonchev–Trinajstić information content (AvgIpc) is 3.18. The number of benzene rings is 3. The number of nitrogens with one attached hydrogen (secondary N) is 1. The second kappa shape index (κ2) is 10.1. The van der Waals surface area contributed by atoms with E-state index in [4.69, 9.17) is 16.6 Å². The van der Waals surface area contributed by atoms with Crippen molar-refractivity contribution < 1.29 is 4.79 Å². The van der Waals surface area contributed by atoms with Crippen molar-refractivity contribution in [3.05, 3.63) is 88.7 Å². The third-order valence-corrected chi connectivity index (χ3v) is 7.01. The largest absolute Gasteiger partial charge is 0.369 e. The molecule has 35 heavy (non-hydrogen) atoms. The van der Waals surface area contributed by atoms with Crippen molar-refractivity contribution in [3.63, 3.8) is 0 Å². The van der Waals surface area contributed by atoms with Crippen molar-refractivity contribution in [2.24, 2.45) is 7.05 Å². The first kappa shape index (κ1) is 23.4. The van der Waals surface area contributed by atoms with Crippen LogP contribution in [0, 0.1) is 6.92 Å². The maximum atomic E-state index is 12.6. The summed E-state index contributed by atoms with van der Waals surface area (Å²) in [5, 5.41) is 3.57. The molecule has 1 saturated heterocycles. The highest BCUT2D eigenvalue weighted by atomic mass is 35.5. The molecular weight excluding hydrogens is 458 g/mol. The van der Waals surface area contributed by atoms with Gasteiger partial charge in [-0.3, -0.25) is 9.69 Å². The molecule has 1 N–H and O–H groups in total. The highest BCUT2D eigenvalue weighted by Crippen LogP contribution is 2.22. The Morgan fingerprint density at radius 3 is 2.40 bits per heavy atom. The van der Waals surface area contributed by atoms with Crippen LogP contribution in [0.2, 0.25) is 5.02 Å². The minimum Gasteiger partial charge on any atom is -0.369 e. The first-order chi connectivity index (χ1) is 17.0. The van der Waals surface area contributed by atoms with Crippen LogP contribution >= 0.6 is 11.6 Å². The lowest BCUT2D eigenvalue weighted by atomic mass is 10.2. The van der Waals surface area contributed by atoms with Crippen LogP contribution in [0.5, 0.6) is 0 Å². The van der Waals surface area contributed by atoms with E-state index >= 15 is 0 Å². The minimum atomic E-state index is -0.165. The van der Waals surface area contributed by atoms with E-state index in [1.54, 1.807) is 24.3 Å². The summed E-state index contributed by atoms with van der Waals surface area (Å²) in [5.74, 6) is 0.893. The molecule has 1 fully saturated rings. The molecule has 0 unspecified atom stereocenters. The highest BCUT2D eigenvalue weighted by Gasteiger charge is 2.18. The molecule has 1 aliphatic heterocycles. The Bertz CT molecular complexity index is 1320. The molecule has 5 rings (SSSR count). The van der Waals surface area contributed by atoms with Crippen LogP contribution in [0.3, 0.4) is 0 Å². The van der Waals surface area contributed by atoms with Crippen LogP contribution in [-0.2, 0) is 13.5 Å². The van der Waals surface area contributed by atoms with E-state index < -0.39 is 0 Å². The van der Waals surface area contributed by atoms with E-state index in [2.05, 4.69) is 57.9 Å². The van der Waals surface area contributed by atoms with Crippen molar-refractivity contribution >= 4 is 39.9 Å². The number of nitrogens with zero attached hydrogens (tertiary/aromatic N) is 4. The molecule has 0 saturated carbocycles. The fourth-order valence-electron chi connectivity index (χ4n) is 4.60. The number of carbonyl (C=O) groups is 1. The summed E-state index contributed by atoms with van der Waals surface area (Å²) >= 11 is 5.92. The quantitative estimate of drug-likeness (QED) is 0.408. The lowest BCUT2D eigenvalue weighted by molar-refractivity contribution is 0.102. The van der Waals surface area contributed by atoms with Gasteiger partial charge in [0.15, 0.2) is 0 Å². The summed E-state index contributed by atoms with van der Waals surface area (Å²) in [6, 6.07) is 21.5. The second-order valence-electron chi connectivity index (χ2n) is 9.17. The minimum absolute atomic E-state index is 0.165. The number of rotatable bonds is 6. The summed E-state index contributed by atoms with van der Waals surface area (Å²) in [6.07, 6.45) is 0.891. The number of aryl methyl sites for hydroxylation is 2. The number of aromatic nitrogens is 2. The monoisotopic (exact) mass is 487 g/mol. The first-order valence-electron chi connectivity index (χ1n) is 12.0. The van der Waals surface area contributed by atoms with Crippen molar-refractivity contribution in [2.45, 2.75) is 13.3 Å². The van der Waals surface area contributed by atoms with E-state index in [0.717, 1.165) is 61.7 Å². The zero-order valence-electron chi connectivity index (χ0n) is 20.2. The van der Waals surface area contributed by atoms with Crippen LogP contribution in [0.25, 0.3) is 11.0 Å². The number of fused-ring (bicyclic) bond motifs is 1. The highest BCUT2D eigenvalue weighted by molar-refractivity contribution is 6.30. The van der Waals surface area contributed by atoms with Gasteiger partial charge in [0, 0.05) is 68.2 Å². The number of carbonyl (C=O) groups excluding carboxylic acids is 1. The summed E-state index contributed by atoms with van der Waals surface area (Å²) in [5.41, 5.74) is 5.86. The molecule has 6 nitrogen and oxygen atoms in total. The lowest BCUT2D eigenvalue weighted by Gasteiger charge is -2.36. The standard InChI is InChI=1S/C28H30ClN5O/c1-20-3-10-24(11-4-20)34-17-15-33(16-18-34)14-13-27-31-25-19-23(9-12-26(25)32(27)2)30-28(35)21-5-7-22(29)8-6-21/h3-12,19H,13-18H2,1-2H3,(H,30,35). The molecule has 1 aromatic heterocycles. The number of hydrogen-bond acceptors (Lipinski definition) is 4. The third kappa shape index (κ3) is 5.34. The SMILES string of the molecule is Cc1ccc(N2CCN(CCc3nc4cc(NC(=O)c5ccc(Cl)cc5)ccc4n3C)CC2)cc1. The van der Waals surface area contributed by atoms with Gasteiger partial charge in [-0.15, -0.1) is 0 Å². The third-order valence-electron chi connectivity index (χ3n) is 6.76. The van der Waals surface area contributed by atoms with E-state index in [1.165, 1.54) is 11.3 Å². The van der Waals surface area contributed by atoms with E-state index in [9.17, 15) is 4.79 Å². The molecule has 0 atom stereocenters. The van der Waals surface area contributed by atoms with Gasteiger partial charge >= 0.3 is 0 Å². The molecule has 0 spiro atoms. The predicted octanol–water partition coefficient (Wildman–Crippen LogP) is 5.15. The number of anilines is 2. The number of amides is 1. The molecule has 4 aromatic rings. The molecule has 1 amide bonds. The molecule has 180 valence electrons. The van der Waals surface area contributed by atoms with Gasteiger partial charge in [-0.05, 0) is 61.5 Å². The maximum absolute atomic E-state index is 12.6. The summed E-state index contributed by atoms with van der Waals surface area (Å²) in [4.78, 5) is 22.4. The Balaban J connectivity index is 1.19. The number of piperazine rings is 1. The Labute approximate surface area is 211 Å². The topological polar surface area (TPSA) is 53.4 Å². The molecule has 1 aliphatic rings. The molecule has 3 aromatic carbocycles. The van der Waals surface area contributed by atoms with Gasteiger partial charge in [0.1, 0.15) is 5.82 Å². The average molecular weight is 488 g/mol. The summed E-state index contributed by atoms with van der Waals surface area (Å²) in [6.45, 7) is 7.31. The second-order valence-corrected chi connectivity index (χ2v) is 9.60. The van der Waals surface area contributed by atoms with Crippen LogP contribution < -0.4 is 10.2 Å². The van der Waals surface area contributed by atoms with Gasteiger partial charge in [-0.1, -0.05) is 29.3 Å². The van der Waals surface area contributed by atoms with Gasteiger partial charge in [0.2, 0.25) is 0 Å². The number of imidazole rings is 1. The Morgan fingerprint density at radius 1 is 0.971 bits per heavy atom. The summed E-state index contributed by atoms with van der Waals surface area (Å²) < 4.78 is 2.16. The molecule has 0 bridgehead atoms. The number of halogens is 1. The van der Waals surface area contributed by atoms with Gasteiger partial charge in [-0.25, -0.2) is 4.98 Å². The van der Waals surface area contributed by atoms with Gasteiger partial charge < -0.3 is 14.8 Å². The predicted molar refractivity (Wildman–Crippen MR) is 144 cm³/mol. The zero-order valence-corrected chi connectivity index (χ0v) is 20.9. The molecule has 0 radical (unpaired) electrons. The molecule has 0 aliphatic carbocycles. The summed E-state index contributed by atoms with van der Waals surface area (Å²) in [7, 11) is 2.06. The fourth-order valence-corrected chi connectivity index (χ4v) is 4.72. The van der Waals surface area contributed by atoms with Crippen LogP contribution in [0.4, 0.5) is 11.4 Å². The van der Waals surface area contributed by atoms with E-state index in [-0.39, 0.29) is 5.91 Å². The lowest BCUT2D eigenvalue weighted by Crippen LogP contribution is -2.47. The normalized spacial score (nSPS) is 14.4. The van der Waals surface area contributed by atoms with Crippen LogP contribution in [-0.4, -0.2) is 53.1 Å². The van der Waals surface area contributed by atoms with Crippen LogP contribution in [0.1, 0.15) is 21.7 Å². The zero-order chi connectivity index (χ0) is 24.4. The van der Waals surface area contributed by atoms with Crippen molar-refractivity contribution in [1.82, 2.24) is 14.5 Å². The fraction of sp³-hybridized carbons (Fsp3) is 0.286. The number of hydrogen-bond donors (Lipinski definition) is 1. The Morgan fingerprint density at radius 2 is 1.69 bits per heavy atom. The van der Waals surface area contributed by atoms with Gasteiger partial charge in [-0.2, -0.15) is 0 Å². The van der Waals surface area contributed by atoms with Crippen molar-refractivity contribution in [1.29, 1.82) is 0 Å². The van der Waals surface area contributed by atoms with Crippen molar-refractivity contribution in [3.8, 4) is 0 Å². The van der Waals surface area contributed by atoms with Crippen LogP contribution in [0.15, 0.2) is 66.7 Å². The van der Waals surface area contributed by atoms with Gasteiger partial charge in [0.05, 0.1) is 11.0 Å². The van der Waals surface area contributed by atoms with Gasteiger partial charge in [0.25, 0.3) is 5.91 Å². The van der Waals surface area contributed by atoms with Crippen molar-refractivity contribution in [2.75, 3.05) is 42.9 Å².